The van der Waals surface area contributed by atoms with E-state index in [2.05, 4.69) is 20.1 Å². The zero-order chi connectivity index (χ0) is 13.0. The Morgan fingerprint density at radius 1 is 0.824 bits per heavy atom. The van der Waals surface area contributed by atoms with E-state index >= 15 is 0 Å². The fourth-order valence-corrected chi connectivity index (χ4v) is 1.44. The van der Waals surface area contributed by atoms with Crippen LogP contribution in [0.1, 0.15) is 0 Å². The van der Waals surface area contributed by atoms with Crippen molar-refractivity contribution >= 4 is 26.0 Å². The van der Waals surface area contributed by atoms with Gasteiger partial charge < -0.3 is 14.2 Å². The van der Waals surface area contributed by atoms with Crippen molar-refractivity contribution in [2.75, 3.05) is 57.8 Å². The molecule has 0 spiro atoms. The van der Waals surface area contributed by atoms with Gasteiger partial charge in [-0.3, -0.25) is 4.18 Å². The summed E-state index contributed by atoms with van der Waals surface area (Å²) in [6, 6.07) is 0. The Balaban J connectivity index is 3.04. The van der Waals surface area contributed by atoms with E-state index in [1.807, 2.05) is 0 Å². The molecular weight excluding hydrogens is 316 g/mol. The molecule has 0 amide bonds. The highest BCUT2D eigenvalue weighted by molar-refractivity contribution is 9.09. The second kappa shape index (κ2) is 11.4. The molecule has 0 aliphatic heterocycles. The number of ether oxygens (including phenoxy) is 3. The molecule has 0 bridgehead atoms. The van der Waals surface area contributed by atoms with E-state index in [1.54, 1.807) is 0 Å². The van der Waals surface area contributed by atoms with E-state index in [4.69, 9.17) is 14.2 Å². The number of rotatable bonds is 12. The van der Waals surface area contributed by atoms with Crippen LogP contribution in [0.15, 0.2) is 0 Å². The predicted molar refractivity (Wildman–Crippen MR) is 67.0 cm³/mol. The average Bonchev–Trinajstić information content (AvgIpc) is 2.24. The van der Waals surface area contributed by atoms with Crippen LogP contribution >= 0.6 is 15.9 Å². The highest BCUT2D eigenvalue weighted by Crippen LogP contribution is 1.87. The summed E-state index contributed by atoms with van der Waals surface area (Å²) in [7, 11) is -3.37. The minimum Gasteiger partial charge on any atom is -0.378 e. The first-order valence-corrected chi connectivity index (χ1v) is 8.13. The molecule has 0 heterocycles. The Kier molecular flexibility index (Phi) is 11.5. The van der Waals surface area contributed by atoms with Crippen LogP contribution < -0.4 is 0 Å². The lowest BCUT2D eigenvalue weighted by atomic mass is 10.7. The van der Waals surface area contributed by atoms with Gasteiger partial charge in [-0.1, -0.05) is 15.9 Å². The molecule has 8 heteroatoms. The summed E-state index contributed by atoms with van der Waals surface area (Å²) < 4.78 is 41.1. The molecule has 0 aromatic heterocycles. The van der Waals surface area contributed by atoms with E-state index in [1.165, 1.54) is 0 Å². The summed E-state index contributed by atoms with van der Waals surface area (Å²) in [6.45, 7) is 2.88. The van der Waals surface area contributed by atoms with Crippen molar-refractivity contribution in [3.63, 3.8) is 0 Å². The number of halogens is 1. The molecule has 0 saturated carbocycles. The number of hydrogen-bond donors (Lipinski definition) is 0. The summed E-state index contributed by atoms with van der Waals surface area (Å²) in [4.78, 5) is 0. The maximum atomic E-state index is 10.6. The maximum Gasteiger partial charge on any atom is 0.264 e. The molecule has 17 heavy (non-hydrogen) atoms. The highest BCUT2D eigenvalue weighted by Gasteiger charge is 2.00. The van der Waals surface area contributed by atoms with Crippen molar-refractivity contribution in [1.82, 2.24) is 0 Å². The zero-order valence-corrected chi connectivity index (χ0v) is 12.3. The van der Waals surface area contributed by atoms with Crippen LogP contribution in [0.2, 0.25) is 0 Å². The Morgan fingerprint density at radius 2 is 1.24 bits per heavy atom. The van der Waals surface area contributed by atoms with Crippen LogP contribution in [0.5, 0.6) is 0 Å². The highest BCUT2D eigenvalue weighted by atomic mass is 79.9. The van der Waals surface area contributed by atoms with E-state index < -0.39 is 10.1 Å². The topological polar surface area (TPSA) is 71.1 Å². The minimum absolute atomic E-state index is 0.0349. The zero-order valence-electron chi connectivity index (χ0n) is 9.89. The molecule has 0 saturated heterocycles. The predicted octanol–water partition coefficient (Wildman–Crippen LogP) is 0.407. The molecular formula is C9H19BrO6S. The first-order chi connectivity index (χ1) is 8.06. The molecule has 0 unspecified atom stereocenters. The van der Waals surface area contributed by atoms with Crippen molar-refractivity contribution in [2.45, 2.75) is 0 Å². The number of hydrogen-bond acceptors (Lipinski definition) is 6. The maximum absolute atomic E-state index is 10.6. The van der Waals surface area contributed by atoms with Gasteiger partial charge in [0.2, 0.25) is 0 Å². The lowest BCUT2D eigenvalue weighted by molar-refractivity contribution is 0.0123. The van der Waals surface area contributed by atoms with Crippen LogP contribution in [-0.4, -0.2) is 66.3 Å². The van der Waals surface area contributed by atoms with Crippen molar-refractivity contribution in [2.24, 2.45) is 0 Å². The van der Waals surface area contributed by atoms with Crippen LogP contribution in [0, 0.1) is 0 Å². The third kappa shape index (κ3) is 16.3. The Morgan fingerprint density at radius 3 is 1.65 bits per heavy atom. The smallest absolute Gasteiger partial charge is 0.264 e. The molecule has 6 nitrogen and oxygen atoms in total. The second-order valence-electron chi connectivity index (χ2n) is 3.05. The molecule has 104 valence electrons. The molecule has 0 aliphatic carbocycles. The molecule has 0 rings (SSSR count). The van der Waals surface area contributed by atoms with Gasteiger partial charge in [-0.15, -0.1) is 0 Å². The van der Waals surface area contributed by atoms with E-state index in [-0.39, 0.29) is 13.2 Å². The molecule has 0 aromatic rings. The van der Waals surface area contributed by atoms with Gasteiger partial charge in [0.05, 0.1) is 52.5 Å². The molecule has 0 aliphatic rings. The first kappa shape index (κ1) is 17.3. The van der Waals surface area contributed by atoms with E-state index in [0.29, 0.717) is 33.0 Å². The van der Waals surface area contributed by atoms with Crippen LogP contribution in [0.3, 0.4) is 0 Å². The van der Waals surface area contributed by atoms with Gasteiger partial charge in [0, 0.05) is 5.33 Å². The SMILES string of the molecule is CS(=O)(=O)OCCOCCOCCOCCBr. The Hall–Kier alpha value is 0.270. The summed E-state index contributed by atoms with van der Waals surface area (Å²) in [5, 5.41) is 0.816. The standard InChI is InChI=1S/C9H19BrO6S/c1-17(11,12)16-9-8-15-7-6-14-5-4-13-3-2-10/h2-9H2,1H3. The van der Waals surface area contributed by atoms with E-state index in [0.717, 1.165) is 11.6 Å². The van der Waals surface area contributed by atoms with Crippen LogP contribution in [0.25, 0.3) is 0 Å². The van der Waals surface area contributed by atoms with Crippen molar-refractivity contribution in [3.05, 3.63) is 0 Å². The second-order valence-corrected chi connectivity index (χ2v) is 5.49. The Bertz CT molecular complexity index is 256. The van der Waals surface area contributed by atoms with Gasteiger partial charge in [-0.05, 0) is 0 Å². The van der Waals surface area contributed by atoms with Crippen LogP contribution in [-0.2, 0) is 28.5 Å². The normalized spacial score (nSPS) is 11.9. The monoisotopic (exact) mass is 334 g/mol. The third-order valence-electron chi connectivity index (χ3n) is 1.49. The van der Waals surface area contributed by atoms with Crippen molar-refractivity contribution in [1.29, 1.82) is 0 Å². The number of alkyl halides is 1. The molecule has 0 aromatic carbocycles. The summed E-state index contributed by atoms with van der Waals surface area (Å²) >= 11 is 3.24. The largest absolute Gasteiger partial charge is 0.378 e. The van der Waals surface area contributed by atoms with Crippen molar-refractivity contribution in [3.8, 4) is 0 Å². The fourth-order valence-electron chi connectivity index (χ4n) is 0.841. The molecule has 0 fully saturated rings. The lowest BCUT2D eigenvalue weighted by Gasteiger charge is -2.06. The van der Waals surface area contributed by atoms with Gasteiger partial charge in [0.1, 0.15) is 0 Å². The van der Waals surface area contributed by atoms with Gasteiger partial charge >= 0.3 is 0 Å². The summed E-state index contributed by atoms with van der Waals surface area (Å²) in [5.41, 5.74) is 0. The average molecular weight is 335 g/mol. The quantitative estimate of drug-likeness (QED) is 0.292. The van der Waals surface area contributed by atoms with Gasteiger partial charge in [0.15, 0.2) is 0 Å². The summed E-state index contributed by atoms with van der Waals surface area (Å²) in [6.07, 6.45) is 1.00. The lowest BCUT2D eigenvalue weighted by Crippen LogP contribution is -2.13. The van der Waals surface area contributed by atoms with Gasteiger partial charge in [-0.25, -0.2) is 0 Å². The minimum atomic E-state index is -3.37. The molecule has 0 radical (unpaired) electrons. The van der Waals surface area contributed by atoms with Gasteiger partial charge in [-0.2, -0.15) is 8.42 Å². The molecule has 0 N–H and O–H groups in total. The Labute approximate surface area is 111 Å². The van der Waals surface area contributed by atoms with Gasteiger partial charge in [0.25, 0.3) is 10.1 Å². The van der Waals surface area contributed by atoms with Crippen LogP contribution in [0.4, 0.5) is 0 Å². The summed E-state index contributed by atoms with van der Waals surface area (Å²) in [5.74, 6) is 0. The fraction of sp³-hybridized carbons (Fsp3) is 1.00. The third-order valence-corrected chi connectivity index (χ3v) is 2.41. The van der Waals surface area contributed by atoms with Crippen molar-refractivity contribution < 1.29 is 26.8 Å². The van der Waals surface area contributed by atoms with E-state index in [9.17, 15) is 8.42 Å². The first-order valence-electron chi connectivity index (χ1n) is 5.20. The molecule has 0 atom stereocenters.